The predicted molar refractivity (Wildman–Crippen MR) is 84.6 cm³/mol. The van der Waals surface area contributed by atoms with Crippen LogP contribution in [0.15, 0.2) is 24.3 Å². The Morgan fingerprint density at radius 2 is 1.76 bits per heavy atom. The Bertz CT molecular complexity index is 469. The largest absolute Gasteiger partial charge is 0.352 e. The molecule has 0 spiro atoms. The molecule has 21 heavy (non-hydrogen) atoms. The summed E-state index contributed by atoms with van der Waals surface area (Å²) in [6.07, 6.45) is 0.443. The van der Waals surface area contributed by atoms with Crippen LogP contribution in [0.3, 0.4) is 0 Å². The molecule has 1 rings (SSSR count). The number of rotatable bonds is 7. The molecule has 0 bridgehead atoms. The molecule has 1 atom stereocenters. The lowest BCUT2D eigenvalue weighted by molar-refractivity contribution is -0.122. The maximum absolute atomic E-state index is 11.6. The lowest BCUT2D eigenvalue weighted by atomic mass is 10.1. The number of carbonyl (C=O) groups is 2. The number of hydrogen-bond donors (Lipinski definition) is 3. The van der Waals surface area contributed by atoms with Gasteiger partial charge >= 0.3 is 0 Å². The number of amides is 2. The van der Waals surface area contributed by atoms with E-state index in [2.05, 4.69) is 10.6 Å². The molecule has 0 heterocycles. The van der Waals surface area contributed by atoms with Crippen LogP contribution in [-0.2, 0) is 16.1 Å². The van der Waals surface area contributed by atoms with Gasteiger partial charge in [0.1, 0.15) is 0 Å². The van der Waals surface area contributed by atoms with E-state index in [1.165, 1.54) is 0 Å². The zero-order valence-corrected chi connectivity index (χ0v) is 13.0. The van der Waals surface area contributed by atoms with Crippen LogP contribution in [0.25, 0.3) is 0 Å². The molecule has 1 aromatic carbocycles. The van der Waals surface area contributed by atoms with Gasteiger partial charge in [-0.1, -0.05) is 32.9 Å². The zero-order chi connectivity index (χ0) is 15.8. The summed E-state index contributed by atoms with van der Waals surface area (Å²) in [5.41, 5.74) is 7.25. The van der Waals surface area contributed by atoms with E-state index in [1.807, 2.05) is 45.0 Å². The van der Waals surface area contributed by atoms with Gasteiger partial charge in [0.05, 0.1) is 0 Å². The molecular weight excluding hydrogens is 266 g/mol. The SMILES string of the molecule is CC(CN)CC(=O)NCc1ccc(NC(=O)C(C)C)cc1. The van der Waals surface area contributed by atoms with Gasteiger partial charge in [-0.2, -0.15) is 0 Å². The Morgan fingerprint density at radius 1 is 1.14 bits per heavy atom. The maximum Gasteiger partial charge on any atom is 0.226 e. The lowest BCUT2D eigenvalue weighted by Crippen LogP contribution is -2.26. The molecule has 0 fully saturated rings. The molecule has 0 aliphatic carbocycles. The number of anilines is 1. The molecule has 1 unspecified atom stereocenters. The molecule has 2 amide bonds. The van der Waals surface area contributed by atoms with Crippen LogP contribution in [0.1, 0.15) is 32.8 Å². The smallest absolute Gasteiger partial charge is 0.226 e. The van der Waals surface area contributed by atoms with Crippen LogP contribution in [0.2, 0.25) is 0 Å². The quantitative estimate of drug-likeness (QED) is 0.717. The molecule has 0 saturated carbocycles. The Kier molecular flexibility index (Phi) is 6.88. The molecule has 5 nitrogen and oxygen atoms in total. The van der Waals surface area contributed by atoms with E-state index in [1.54, 1.807) is 0 Å². The first kappa shape index (κ1) is 17.2. The predicted octanol–water partition coefficient (Wildman–Crippen LogP) is 1.88. The Morgan fingerprint density at radius 3 is 2.29 bits per heavy atom. The van der Waals surface area contributed by atoms with Gasteiger partial charge < -0.3 is 16.4 Å². The molecule has 116 valence electrons. The molecule has 0 aliphatic heterocycles. The number of benzene rings is 1. The van der Waals surface area contributed by atoms with Crippen molar-refractivity contribution >= 4 is 17.5 Å². The highest BCUT2D eigenvalue weighted by molar-refractivity contribution is 5.92. The summed E-state index contributed by atoms with van der Waals surface area (Å²) in [4.78, 5) is 23.2. The van der Waals surface area contributed by atoms with Crippen molar-refractivity contribution in [3.05, 3.63) is 29.8 Å². The van der Waals surface area contributed by atoms with Crippen molar-refractivity contribution in [2.24, 2.45) is 17.6 Å². The van der Waals surface area contributed by atoms with E-state index in [4.69, 9.17) is 5.73 Å². The van der Waals surface area contributed by atoms with Gasteiger partial charge in [-0.05, 0) is 30.2 Å². The van der Waals surface area contributed by atoms with Crippen molar-refractivity contribution in [2.45, 2.75) is 33.7 Å². The van der Waals surface area contributed by atoms with Crippen LogP contribution in [-0.4, -0.2) is 18.4 Å². The fraction of sp³-hybridized carbons (Fsp3) is 0.500. The highest BCUT2D eigenvalue weighted by atomic mass is 16.2. The summed E-state index contributed by atoms with van der Waals surface area (Å²) in [7, 11) is 0. The number of hydrogen-bond acceptors (Lipinski definition) is 3. The van der Waals surface area contributed by atoms with Gasteiger partial charge in [0.2, 0.25) is 11.8 Å². The minimum absolute atomic E-state index is 0.00476. The van der Waals surface area contributed by atoms with E-state index in [-0.39, 0.29) is 23.7 Å². The van der Waals surface area contributed by atoms with Gasteiger partial charge in [0.25, 0.3) is 0 Å². The summed E-state index contributed by atoms with van der Waals surface area (Å²) in [5, 5.41) is 5.69. The van der Waals surface area contributed by atoms with Crippen molar-refractivity contribution in [3.8, 4) is 0 Å². The third kappa shape index (κ3) is 6.40. The van der Waals surface area contributed by atoms with Crippen LogP contribution in [0.5, 0.6) is 0 Å². The first-order chi connectivity index (χ1) is 9.92. The highest BCUT2D eigenvalue weighted by Gasteiger charge is 2.08. The standard InChI is InChI=1S/C16H25N3O2/c1-11(2)16(21)19-14-6-4-13(5-7-14)10-18-15(20)8-12(3)9-17/h4-7,11-12H,8-10,17H2,1-3H3,(H,18,20)(H,19,21). The Labute approximate surface area is 126 Å². The fourth-order valence-electron chi connectivity index (χ4n) is 1.67. The van der Waals surface area contributed by atoms with Gasteiger partial charge in [0, 0.05) is 24.6 Å². The average molecular weight is 291 g/mol. The number of carbonyl (C=O) groups excluding carboxylic acids is 2. The minimum atomic E-state index is -0.0477. The third-order valence-corrected chi connectivity index (χ3v) is 3.17. The van der Waals surface area contributed by atoms with Crippen molar-refractivity contribution < 1.29 is 9.59 Å². The number of nitrogens with two attached hydrogens (primary N) is 1. The first-order valence-electron chi connectivity index (χ1n) is 7.29. The molecular formula is C16H25N3O2. The molecule has 5 heteroatoms. The van der Waals surface area contributed by atoms with Crippen molar-refractivity contribution in [2.75, 3.05) is 11.9 Å². The fourth-order valence-corrected chi connectivity index (χ4v) is 1.67. The van der Waals surface area contributed by atoms with E-state index in [0.717, 1.165) is 11.3 Å². The monoisotopic (exact) mass is 291 g/mol. The second kappa shape index (κ2) is 8.42. The van der Waals surface area contributed by atoms with Gasteiger partial charge in [0.15, 0.2) is 0 Å². The number of nitrogens with one attached hydrogen (secondary N) is 2. The van der Waals surface area contributed by atoms with E-state index < -0.39 is 0 Å². The van der Waals surface area contributed by atoms with Crippen LogP contribution in [0.4, 0.5) is 5.69 Å². The van der Waals surface area contributed by atoms with Gasteiger partial charge in [-0.15, -0.1) is 0 Å². The molecule has 0 saturated heterocycles. The summed E-state index contributed by atoms with van der Waals surface area (Å²) in [6, 6.07) is 7.46. The van der Waals surface area contributed by atoms with E-state index in [0.29, 0.717) is 19.5 Å². The van der Waals surface area contributed by atoms with Crippen molar-refractivity contribution in [1.29, 1.82) is 0 Å². The summed E-state index contributed by atoms with van der Waals surface area (Å²) in [5.74, 6) is 0.143. The molecule has 0 aromatic heterocycles. The van der Waals surface area contributed by atoms with Gasteiger partial charge in [-0.3, -0.25) is 9.59 Å². The van der Waals surface area contributed by atoms with Crippen LogP contribution < -0.4 is 16.4 Å². The molecule has 1 aromatic rings. The first-order valence-corrected chi connectivity index (χ1v) is 7.29. The van der Waals surface area contributed by atoms with Crippen LogP contribution in [0, 0.1) is 11.8 Å². The topological polar surface area (TPSA) is 84.2 Å². The summed E-state index contributed by atoms with van der Waals surface area (Å²) >= 11 is 0. The maximum atomic E-state index is 11.6. The molecule has 0 radical (unpaired) electrons. The Hall–Kier alpha value is -1.88. The molecule has 4 N–H and O–H groups in total. The molecule has 0 aliphatic rings. The second-order valence-corrected chi connectivity index (χ2v) is 5.66. The van der Waals surface area contributed by atoms with Crippen LogP contribution >= 0.6 is 0 Å². The van der Waals surface area contributed by atoms with Crippen molar-refractivity contribution in [3.63, 3.8) is 0 Å². The third-order valence-electron chi connectivity index (χ3n) is 3.17. The van der Waals surface area contributed by atoms with E-state index >= 15 is 0 Å². The zero-order valence-electron chi connectivity index (χ0n) is 13.0. The van der Waals surface area contributed by atoms with E-state index in [9.17, 15) is 9.59 Å². The lowest BCUT2D eigenvalue weighted by Gasteiger charge is -2.10. The van der Waals surface area contributed by atoms with Crippen molar-refractivity contribution in [1.82, 2.24) is 5.32 Å². The van der Waals surface area contributed by atoms with Gasteiger partial charge in [-0.25, -0.2) is 0 Å². The normalized spacial score (nSPS) is 12.0. The average Bonchev–Trinajstić information content (AvgIpc) is 2.46. The Balaban J connectivity index is 2.44. The second-order valence-electron chi connectivity index (χ2n) is 5.66. The summed E-state index contributed by atoms with van der Waals surface area (Å²) in [6.45, 7) is 6.64. The minimum Gasteiger partial charge on any atom is -0.352 e. The highest BCUT2D eigenvalue weighted by Crippen LogP contribution is 2.11. The summed E-state index contributed by atoms with van der Waals surface area (Å²) < 4.78 is 0.